The Morgan fingerprint density at radius 2 is 1.70 bits per heavy atom. The largest absolute Gasteiger partial charge is 0.496 e. The zero-order chi connectivity index (χ0) is 13.9. The van der Waals surface area contributed by atoms with Crippen LogP contribution in [0.3, 0.4) is 0 Å². The number of anilines is 1. The van der Waals surface area contributed by atoms with Gasteiger partial charge in [-0.15, -0.1) is 5.10 Å². The van der Waals surface area contributed by atoms with E-state index in [-0.39, 0.29) is 0 Å². The number of methoxy groups -OCH3 is 1. The van der Waals surface area contributed by atoms with E-state index in [0.717, 1.165) is 17.0 Å². The molecule has 3 aromatic rings. The molecule has 5 nitrogen and oxygen atoms in total. The molecule has 0 radical (unpaired) electrons. The van der Waals surface area contributed by atoms with Crippen LogP contribution < -0.4 is 10.5 Å². The van der Waals surface area contributed by atoms with Gasteiger partial charge in [0.1, 0.15) is 11.4 Å². The van der Waals surface area contributed by atoms with Gasteiger partial charge in [-0.3, -0.25) is 0 Å². The molecule has 0 amide bonds. The van der Waals surface area contributed by atoms with Crippen molar-refractivity contribution < 1.29 is 4.74 Å². The monoisotopic (exact) mass is 266 g/mol. The van der Waals surface area contributed by atoms with E-state index in [0.29, 0.717) is 11.5 Å². The first kappa shape index (κ1) is 12.2. The van der Waals surface area contributed by atoms with Gasteiger partial charge in [-0.1, -0.05) is 35.5 Å². The van der Waals surface area contributed by atoms with Crippen molar-refractivity contribution in [1.29, 1.82) is 0 Å². The van der Waals surface area contributed by atoms with Crippen LogP contribution >= 0.6 is 0 Å². The van der Waals surface area contributed by atoms with Crippen LogP contribution in [0, 0.1) is 0 Å². The van der Waals surface area contributed by atoms with Crippen molar-refractivity contribution in [1.82, 2.24) is 15.0 Å². The smallest absolute Gasteiger partial charge is 0.156 e. The Morgan fingerprint density at radius 1 is 1.00 bits per heavy atom. The number of hydrogen-bond donors (Lipinski definition) is 1. The van der Waals surface area contributed by atoms with Crippen molar-refractivity contribution in [3.8, 4) is 22.7 Å². The molecular formula is C15H14N4O. The highest BCUT2D eigenvalue weighted by Gasteiger charge is 2.15. The van der Waals surface area contributed by atoms with Crippen LogP contribution in [0.25, 0.3) is 16.9 Å². The second-order valence-electron chi connectivity index (χ2n) is 4.27. The highest BCUT2D eigenvalue weighted by Crippen LogP contribution is 2.32. The van der Waals surface area contributed by atoms with E-state index >= 15 is 0 Å². The summed E-state index contributed by atoms with van der Waals surface area (Å²) in [6.07, 6.45) is 0. The van der Waals surface area contributed by atoms with Crippen molar-refractivity contribution >= 4 is 5.82 Å². The number of aromatic nitrogens is 3. The average Bonchev–Trinajstić information content (AvgIpc) is 2.89. The van der Waals surface area contributed by atoms with Crippen molar-refractivity contribution in [3.63, 3.8) is 0 Å². The molecule has 5 heteroatoms. The lowest BCUT2D eigenvalue weighted by Gasteiger charge is -2.06. The molecule has 20 heavy (non-hydrogen) atoms. The number of nitrogen functional groups attached to an aromatic ring is 1. The van der Waals surface area contributed by atoms with E-state index in [1.54, 1.807) is 11.8 Å². The van der Waals surface area contributed by atoms with Crippen LogP contribution in [0.2, 0.25) is 0 Å². The maximum atomic E-state index is 6.17. The molecule has 100 valence electrons. The molecule has 0 aliphatic rings. The Hall–Kier alpha value is -2.82. The molecule has 2 aromatic carbocycles. The Kier molecular flexibility index (Phi) is 3.09. The minimum Gasteiger partial charge on any atom is -0.496 e. The summed E-state index contributed by atoms with van der Waals surface area (Å²) in [5, 5.41) is 8.30. The lowest BCUT2D eigenvalue weighted by molar-refractivity contribution is 0.416. The van der Waals surface area contributed by atoms with E-state index in [4.69, 9.17) is 10.5 Å². The molecule has 1 aromatic heterocycles. The Labute approximate surface area is 116 Å². The fraction of sp³-hybridized carbons (Fsp3) is 0.0667. The predicted octanol–water partition coefficient (Wildman–Crippen LogP) is 2.53. The van der Waals surface area contributed by atoms with Gasteiger partial charge in [-0.05, 0) is 24.3 Å². The number of hydrogen-bond acceptors (Lipinski definition) is 4. The average molecular weight is 266 g/mol. The third-order valence-electron chi connectivity index (χ3n) is 3.07. The van der Waals surface area contributed by atoms with Gasteiger partial charge in [0.2, 0.25) is 0 Å². The summed E-state index contributed by atoms with van der Waals surface area (Å²) in [6, 6.07) is 17.3. The van der Waals surface area contributed by atoms with Crippen LogP contribution in [-0.4, -0.2) is 22.1 Å². The fourth-order valence-electron chi connectivity index (χ4n) is 2.08. The zero-order valence-corrected chi connectivity index (χ0v) is 11.0. The molecule has 0 spiro atoms. The van der Waals surface area contributed by atoms with Gasteiger partial charge in [0.05, 0.1) is 12.8 Å². The molecule has 1 heterocycles. The van der Waals surface area contributed by atoms with E-state index < -0.39 is 0 Å². The SMILES string of the molecule is COc1ccccc1-c1nnn(-c2ccccc2)c1N. The molecule has 0 unspecified atom stereocenters. The standard InChI is InChI=1S/C15H14N4O/c1-20-13-10-6-5-9-12(13)14-15(16)19(18-17-14)11-7-3-2-4-8-11/h2-10H,16H2,1H3. The van der Waals surface area contributed by atoms with E-state index in [2.05, 4.69) is 10.3 Å². The van der Waals surface area contributed by atoms with Crippen LogP contribution in [0.1, 0.15) is 0 Å². The highest BCUT2D eigenvalue weighted by atomic mass is 16.5. The van der Waals surface area contributed by atoms with Crippen molar-refractivity contribution in [2.24, 2.45) is 0 Å². The number of nitrogens with zero attached hydrogens (tertiary/aromatic N) is 3. The van der Waals surface area contributed by atoms with Crippen molar-refractivity contribution in [2.45, 2.75) is 0 Å². The third kappa shape index (κ3) is 1.99. The van der Waals surface area contributed by atoms with Crippen LogP contribution in [0.4, 0.5) is 5.82 Å². The van der Waals surface area contributed by atoms with Crippen molar-refractivity contribution in [3.05, 3.63) is 54.6 Å². The predicted molar refractivity (Wildman–Crippen MR) is 77.8 cm³/mol. The summed E-state index contributed by atoms with van der Waals surface area (Å²) in [5.74, 6) is 1.21. The van der Waals surface area contributed by atoms with Gasteiger partial charge in [0.15, 0.2) is 5.82 Å². The fourth-order valence-corrected chi connectivity index (χ4v) is 2.08. The van der Waals surface area contributed by atoms with Gasteiger partial charge in [0, 0.05) is 5.56 Å². The van der Waals surface area contributed by atoms with Gasteiger partial charge >= 0.3 is 0 Å². The number of ether oxygens (including phenoxy) is 1. The maximum absolute atomic E-state index is 6.17. The van der Waals surface area contributed by atoms with Crippen LogP contribution in [0.15, 0.2) is 54.6 Å². The highest BCUT2D eigenvalue weighted by molar-refractivity contribution is 5.75. The van der Waals surface area contributed by atoms with E-state index in [1.807, 2.05) is 54.6 Å². The Morgan fingerprint density at radius 3 is 2.45 bits per heavy atom. The number of rotatable bonds is 3. The van der Waals surface area contributed by atoms with Crippen LogP contribution in [0.5, 0.6) is 5.75 Å². The Bertz CT molecular complexity index is 722. The molecule has 0 bridgehead atoms. The molecule has 2 N–H and O–H groups in total. The Balaban J connectivity index is 2.11. The molecular weight excluding hydrogens is 252 g/mol. The molecule has 0 saturated heterocycles. The van der Waals surface area contributed by atoms with Gasteiger partial charge in [-0.25, -0.2) is 0 Å². The summed E-state index contributed by atoms with van der Waals surface area (Å²) in [4.78, 5) is 0. The first-order valence-electron chi connectivity index (χ1n) is 6.21. The van der Waals surface area contributed by atoms with Crippen molar-refractivity contribution in [2.75, 3.05) is 12.8 Å². The molecule has 0 aliphatic heterocycles. The molecule has 3 rings (SSSR count). The molecule has 0 aliphatic carbocycles. The quantitative estimate of drug-likeness (QED) is 0.791. The van der Waals surface area contributed by atoms with E-state index in [1.165, 1.54) is 0 Å². The molecule has 0 atom stereocenters. The van der Waals surface area contributed by atoms with Gasteiger partial charge < -0.3 is 10.5 Å². The van der Waals surface area contributed by atoms with Gasteiger partial charge in [-0.2, -0.15) is 4.68 Å². The minimum absolute atomic E-state index is 0.487. The van der Waals surface area contributed by atoms with Gasteiger partial charge in [0.25, 0.3) is 0 Å². The second-order valence-corrected chi connectivity index (χ2v) is 4.27. The van der Waals surface area contributed by atoms with E-state index in [9.17, 15) is 0 Å². The second kappa shape index (κ2) is 5.05. The summed E-state index contributed by atoms with van der Waals surface area (Å²) in [5.41, 5.74) is 8.49. The summed E-state index contributed by atoms with van der Waals surface area (Å²) >= 11 is 0. The summed E-state index contributed by atoms with van der Waals surface area (Å²) in [6.45, 7) is 0. The lowest BCUT2D eigenvalue weighted by atomic mass is 10.1. The summed E-state index contributed by atoms with van der Waals surface area (Å²) < 4.78 is 6.95. The number of para-hydroxylation sites is 2. The first-order chi connectivity index (χ1) is 9.81. The molecule has 0 saturated carbocycles. The topological polar surface area (TPSA) is 66.0 Å². The van der Waals surface area contributed by atoms with Crippen LogP contribution in [-0.2, 0) is 0 Å². The summed E-state index contributed by atoms with van der Waals surface area (Å²) in [7, 11) is 1.62. The first-order valence-corrected chi connectivity index (χ1v) is 6.21. The number of nitrogens with two attached hydrogens (primary N) is 1. The minimum atomic E-state index is 0.487. The maximum Gasteiger partial charge on any atom is 0.156 e. The normalized spacial score (nSPS) is 10.4. The zero-order valence-electron chi connectivity index (χ0n) is 11.0. The number of benzene rings is 2. The lowest BCUT2D eigenvalue weighted by Crippen LogP contribution is -2.02. The molecule has 0 fully saturated rings. The third-order valence-corrected chi connectivity index (χ3v) is 3.07.